The Morgan fingerprint density at radius 1 is 1.21 bits per heavy atom. The van der Waals surface area contributed by atoms with E-state index in [4.69, 9.17) is 5.11 Å². The van der Waals surface area contributed by atoms with Crippen LogP contribution in [0.25, 0.3) is 0 Å². The van der Waals surface area contributed by atoms with Crippen molar-refractivity contribution in [3.05, 3.63) is 35.5 Å². The minimum Gasteiger partial charge on any atom is -0.481 e. The summed E-state index contributed by atoms with van der Waals surface area (Å²) in [5.41, 5.74) is 1.87. The van der Waals surface area contributed by atoms with Crippen molar-refractivity contribution < 1.29 is 19.8 Å². The van der Waals surface area contributed by atoms with E-state index in [1.807, 2.05) is 18.2 Å². The predicted octanol–water partition coefficient (Wildman–Crippen LogP) is 4.34. The number of Topliss-reactive ketones (excluding diaryl/α,β-unsaturated/α-hetero) is 1. The van der Waals surface area contributed by atoms with Gasteiger partial charge in [-0.2, -0.15) is 0 Å². The molecule has 1 aliphatic rings. The summed E-state index contributed by atoms with van der Waals surface area (Å²) in [5.74, 6) is -0.590. The minimum atomic E-state index is -0.776. The highest BCUT2D eigenvalue weighted by Crippen LogP contribution is 2.27. The standard InChI is InChI=1S/C20H30O4/c1-2-3-6-9-17(21)14-12-16-13-15-19(22)18(16)10-7-4-5-8-11-20(23)24/h4,7,12,14,17,21H,2-3,5-6,8-11,13,15H2,1H3,(H,23,24)/b7-4-,14-12+/t17-/m1/s1. The van der Waals surface area contributed by atoms with Crippen LogP contribution in [0.15, 0.2) is 35.5 Å². The quantitative estimate of drug-likeness (QED) is 0.411. The van der Waals surface area contributed by atoms with Gasteiger partial charge in [-0.3, -0.25) is 9.59 Å². The molecule has 0 spiro atoms. The Hall–Kier alpha value is -1.68. The van der Waals surface area contributed by atoms with Crippen molar-refractivity contribution in [2.75, 3.05) is 0 Å². The summed E-state index contributed by atoms with van der Waals surface area (Å²) in [7, 11) is 0. The average molecular weight is 334 g/mol. The molecule has 0 aromatic carbocycles. The smallest absolute Gasteiger partial charge is 0.303 e. The Bertz CT molecular complexity index is 500. The number of carboxylic acids is 1. The van der Waals surface area contributed by atoms with E-state index >= 15 is 0 Å². The van der Waals surface area contributed by atoms with Crippen molar-refractivity contribution >= 4 is 11.8 Å². The van der Waals surface area contributed by atoms with Gasteiger partial charge in [-0.05, 0) is 37.7 Å². The normalized spacial score (nSPS) is 16.7. The number of carboxylic acid groups (broad SMARTS) is 1. The number of hydrogen-bond donors (Lipinski definition) is 2. The number of aliphatic carboxylic acids is 1. The third kappa shape index (κ3) is 8.25. The van der Waals surface area contributed by atoms with Gasteiger partial charge in [0.15, 0.2) is 5.78 Å². The zero-order valence-electron chi connectivity index (χ0n) is 14.7. The molecule has 0 saturated carbocycles. The van der Waals surface area contributed by atoms with Crippen LogP contribution in [-0.2, 0) is 9.59 Å². The summed E-state index contributed by atoms with van der Waals surface area (Å²) in [5, 5.41) is 18.5. The van der Waals surface area contributed by atoms with E-state index in [0.717, 1.165) is 49.7 Å². The summed E-state index contributed by atoms with van der Waals surface area (Å²) in [4.78, 5) is 22.4. The monoisotopic (exact) mass is 334 g/mol. The lowest BCUT2D eigenvalue weighted by molar-refractivity contribution is -0.137. The second-order valence-corrected chi connectivity index (χ2v) is 6.31. The molecule has 0 unspecified atom stereocenters. The van der Waals surface area contributed by atoms with Gasteiger partial charge in [0.2, 0.25) is 0 Å². The lowest BCUT2D eigenvalue weighted by Crippen LogP contribution is -2.01. The first-order valence-corrected chi connectivity index (χ1v) is 9.02. The fraction of sp³-hybridized carbons (Fsp3) is 0.600. The lowest BCUT2D eigenvalue weighted by Gasteiger charge is -2.05. The van der Waals surface area contributed by atoms with E-state index in [1.54, 1.807) is 6.08 Å². The number of carbonyl (C=O) groups excluding carboxylic acids is 1. The maximum atomic E-state index is 12.0. The molecule has 0 radical (unpaired) electrons. The van der Waals surface area contributed by atoms with E-state index in [0.29, 0.717) is 19.3 Å². The first-order valence-electron chi connectivity index (χ1n) is 9.02. The van der Waals surface area contributed by atoms with Gasteiger partial charge >= 0.3 is 5.97 Å². The summed E-state index contributed by atoms with van der Waals surface area (Å²) in [6.07, 6.45) is 14.6. The lowest BCUT2D eigenvalue weighted by atomic mass is 10.0. The molecule has 0 fully saturated rings. The number of aliphatic hydroxyl groups excluding tert-OH is 1. The highest BCUT2D eigenvalue weighted by Gasteiger charge is 2.20. The van der Waals surface area contributed by atoms with Gasteiger partial charge in [-0.25, -0.2) is 0 Å². The van der Waals surface area contributed by atoms with Crippen LogP contribution in [0.1, 0.15) is 71.1 Å². The summed E-state index contributed by atoms with van der Waals surface area (Å²) in [6.45, 7) is 2.14. The van der Waals surface area contributed by atoms with Crippen molar-refractivity contribution in [2.24, 2.45) is 0 Å². The van der Waals surface area contributed by atoms with E-state index in [-0.39, 0.29) is 12.2 Å². The molecule has 1 atom stereocenters. The molecule has 0 aromatic rings. The van der Waals surface area contributed by atoms with E-state index in [2.05, 4.69) is 6.92 Å². The molecule has 134 valence electrons. The number of aliphatic hydroxyl groups is 1. The van der Waals surface area contributed by atoms with Crippen molar-refractivity contribution in [3.8, 4) is 0 Å². The molecule has 0 heterocycles. The van der Waals surface area contributed by atoms with E-state index in [9.17, 15) is 14.7 Å². The first-order chi connectivity index (χ1) is 11.5. The van der Waals surface area contributed by atoms with Gasteiger partial charge in [0.25, 0.3) is 0 Å². The van der Waals surface area contributed by atoms with Gasteiger partial charge in [0, 0.05) is 18.4 Å². The van der Waals surface area contributed by atoms with Crippen LogP contribution in [0, 0.1) is 0 Å². The first kappa shape index (κ1) is 20.4. The molecule has 24 heavy (non-hydrogen) atoms. The molecular weight excluding hydrogens is 304 g/mol. The van der Waals surface area contributed by atoms with E-state index < -0.39 is 12.1 Å². The third-order valence-electron chi connectivity index (χ3n) is 4.22. The Balaban J connectivity index is 2.48. The van der Waals surface area contributed by atoms with Crippen LogP contribution < -0.4 is 0 Å². The van der Waals surface area contributed by atoms with Crippen LogP contribution in [0.3, 0.4) is 0 Å². The maximum Gasteiger partial charge on any atom is 0.303 e. The zero-order valence-corrected chi connectivity index (χ0v) is 14.7. The minimum absolute atomic E-state index is 0.176. The molecule has 0 saturated heterocycles. The fourth-order valence-electron chi connectivity index (χ4n) is 2.78. The Morgan fingerprint density at radius 2 is 2.00 bits per heavy atom. The molecule has 4 heteroatoms. The molecule has 0 aromatic heterocycles. The molecule has 0 bridgehead atoms. The zero-order chi connectivity index (χ0) is 17.8. The highest BCUT2D eigenvalue weighted by atomic mass is 16.4. The molecular formula is C20H30O4. The number of unbranched alkanes of at least 4 members (excludes halogenated alkanes) is 3. The Kier molecular flexibility index (Phi) is 10.0. The second kappa shape index (κ2) is 11.8. The Morgan fingerprint density at radius 3 is 2.71 bits per heavy atom. The number of ketones is 1. The topological polar surface area (TPSA) is 74.6 Å². The van der Waals surface area contributed by atoms with Crippen molar-refractivity contribution in [1.29, 1.82) is 0 Å². The van der Waals surface area contributed by atoms with Crippen LogP contribution in [0.5, 0.6) is 0 Å². The summed E-state index contributed by atoms with van der Waals surface area (Å²) >= 11 is 0. The maximum absolute atomic E-state index is 12.0. The average Bonchev–Trinajstić information content (AvgIpc) is 2.89. The van der Waals surface area contributed by atoms with Gasteiger partial charge in [-0.1, -0.05) is 50.5 Å². The molecule has 0 aliphatic heterocycles. The van der Waals surface area contributed by atoms with Gasteiger partial charge < -0.3 is 10.2 Å². The van der Waals surface area contributed by atoms with Crippen LogP contribution in [0.4, 0.5) is 0 Å². The number of carbonyl (C=O) groups is 2. The van der Waals surface area contributed by atoms with E-state index in [1.165, 1.54) is 0 Å². The third-order valence-corrected chi connectivity index (χ3v) is 4.22. The van der Waals surface area contributed by atoms with Gasteiger partial charge in [0.1, 0.15) is 0 Å². The number of hydrogen-bond acceptors (Lipinski definition) is 3. The van der Waals surface area contributed by atoms with Crippen molar-refractivity contribution in [3.63, 3.8) is 0 Å². The second-order valence-electron chi connectivity index (χ2n) is 6.31. The largest absolute Gasteiger partial charge is 0.481 e. The highest BCUT2D eigenvalue weighted by molar-refractivity contribution is 5.99. The summed E-state index contributed by atoms with van der Waals surface area (Å²) < 4.78 is 0. The number of rotatable bonds is 12. The van der Waals surface area contributed by atoms with Crippen LogP contribution in [-0.4, -0.2) is 28.1 Å². The van der Waals surface area contributed by atoms with Crippen molar-refractivity contribution in [1.82, 2.24) is 0 Å². The molecule has 1 rings (SSSR count). The summed E-state index contributed by atoms with van der Waals surface area (Å²) in [6, 6.07) is 0. The molecule has 0 amide bonds. The number of allylic oxidation sites excluding steroid dienone is 5. The van der Waals surface area contributed by atoms with Crippen molar-refractivity contribution in [2.45, 2.75) is 77.2 Å². The predicted molar refractivity (Wildman–Crippen MR) is 95.8 cm³/mol. The Labute approximate surface area is 145 Å². The molecule has 1 aliphatic carbocycles. The van der Waals surface area contributed by atoms with Crippen LogP contribution >= 0.6 is 0 Å². The molecule has 2 N–H and O–H groups in total. The molecule has 4 nitrogen and oxygen atoms in total. The van der Waals surface area contributed by atoms with Gasteiger partial charge in [0.05, 0.1) is 6.10 Å². The van der Waals surface area contributed by atoms with Gasteiger partial charge in [-0.15, -0.1) is 0 Å². The SMILES string of the molecule is CCCCC[C@@H](O)/C=C/C1=C(C/C=C\CCCC(=O)O)C(=O)CC1. The van der Waals surface area contributed by atoms with Crippen LogP contribution in [0.2, 0.25) is 0 Å². The fourth-order valence-corrected chi connectivity index (χ4v) is 2.78.